The summed E-state index contributed by atoms with van der Waals surface area (Å²) < 4.78 is 17.3. The lowest BCUT2D eigenvalue weighted by Crippen LogP contribution is -2.43. The van der Waals surface area contributed by atoms with Gasteiger partial charge in [0.15, 0.2) is 0 Å². The second kappa shape index (κ2) is 14.0. The van der Waals surface area contributed by atoms with Crippen molar-refractivity contribution in [1.82, 2.24) is 15.5 Å². The third-order valence-electron chi connectivity index (χ3n) is 8.73. The Morgan fingerprint density at radius 3 is 2.56 bits per heavy atom. The van der Waals surface area contributed by atoms with E-state index >= 15 is 0 Å². The summed E-state index contributed by atoms with van der Waals surface area (Å²) in [7, 11) is 3.33. The van der Waals surface area contributed by atoms with E-state index in [4.69, 9.17) is 9.47 Å². The first-order valence-electron chi connectivity index (χ1n) is 14.9. The third-order valence-corrected chi connectivity index (χ3v) is 8.73. The smallest absolute Gasteiger partial charge is 0.406 e. The summed E-state index contributed by atoms with van der Waals surface area (Å²) >= 11 is 0. The maximum atomic E-state index is 13.6. The fraction of sp³-hybridized carbons (Fsp3) is 0.742. The van der Waals surface area contributed by atoms with Crippen LogP contribution in [0, 0.1) is 31.6 Å². The van der Waals surface area contributed by atoms with Gasteiger partial charge in [-0.15, -0.1) is 0 Å². The Morgan fingerprint density at radius 2 is 1.92 bits per heavy atom. The van der Waals surface area contributed by atoms with Crippen LogP contribution in [-0.2, 0) is 19.0 Å². The summed E-state index contributed by atoms with van der Waals surface area (Å²) in [6, 6.07) is 6.54. The number of rotatable bonds is 12. The number of piperidine rings is 1. The molecule has 3 fully saturated rings. The minimum absolute atomic E-state index is 0.138. The number of aryl methyl sites for hydroxylation is 2. The van der Waals surface area contributed by atoms with Gasteiger partial charge in [-0.25, -0.2) is 4.79 Å². The quantitative estimate of drug-likeness (QED) is 0.377. The van der Waals surface area contributed by atoms with Crippen LogP contribution in [0.5, 0.6) is 0 Å². The minimum Gasteiger partial charge on any atom is -0.453 e. The summed E-state index contributed by atoms with van der Waals surface area (Å²) in [6.07, 6.45) is 7.85. The molecule has 1 saturated carbocycles. The summed E-state index contributed by atoms with van der Waals surface area (Å²) in [5, 5.41) is 6.02. The average Bonchev–Trinajstić information content (AvgIpc) is 3.68. The first-order valence-corrected chi connectivity index (χ1v) is 14.9. The number of carbonyl (C=O) groups excluding carboxylic acids is 2. The number of hydrogen-bond donors (Lipinski definition) is 2. The first-order chi connectivity index (χ1) is 18.8. The van der Waals surface area contributed by atoms with Crippen LogP contribution >= 0.6 is 0 Å². The molecule has 39 heavy (non-hydrogen) atoms. The van der Waals surface area contributed by atoms with Gasteiger partial charge in [0, 0.05) is 32.0 Å². The summed E-state index contributed by atoms with van der Waals surface area (Å²) in [6.45, 7) is 8.17. The van der Waals surface area contributed by atoms with E-state index < -0.39 is 6.09 Å². The highest BCUT2D eigenvalue weighted by atomic mass is 16.5. The number of ether oxygens (including phenoxy) is 3. The zero-order chi connectivity index (χ0) is 27.8. The van der Waals surface area contributed by atoms with Crippen molar-refractivity contribution >= 4 is 12.0 Å². The van der Waals surface area contributed by atoms with E-state index in [-0.39, 0.29) is 23.5 Å². The monoisotopic (exact) mass is 543 g/mol. The van der Waals surface area contributed by atoms with E-state index in [2.05, 4.69) is 52.3 Å². The van der Waals surface area contributed by atoms with Crippen LogP contribution in [0.1, 0.15) is 74.2 Å². The van der Waals surface area contributed by atoms with Crippen molar-refractivity contribution in [2.75, 3.05) is 53.6 Å². The van der Waals surface area contributed by atoms with Gasteiger partial charge in [-0.1, -0.05) is 29.3 Å². The lowest BCUT2D eigenvalue weighted by atomic mass is 9.85. The average molecular weight is 544 g/mol. The number of alkyl carbamates (subject to hydrolysis) is 1. The van der Waals surface area contributed by atoms with Gasteiger partial charge in [-0.05, 0) is 89.8 Å². The number of methoxy groups -OCH3 is 1. The summed E-state index contributed by atoms with van der Waals surface area (Å²) in [5.41, 5.74) is 3.76. The molecule has 1 spiro atoms. The molecule has 1 aromatic rings. The molecule has 2 saturated heterocycles. The molecule has 2 amide bonds. The molecule has 0 aromatic heterocycles. The zero-order valence-corrected chi connectivity index (χ0v) is 24.4. The lowest BCUT2D eigenvalue weighted by molar-refractivity contribution is -0.136. The molecular weight excluding hydrogens is 494 g/mol. The molecule has 2 N–H and O–H groups in total. The number of likely N-dealkylation sites (tertiary alicyclic amines) is 1. The van der Waals surface area contributed by atoms with Gasteiger partial charge in [0.2, 0.25) is 5.91 Å². The molecule has 218 valence electrons. The zero-order valence-electron chi connectivity index (χ0n) is 24.4. The largest absolute Gasteiger partial charge is 0.453 e. The fourth-order valence-corrected chi connectivity index (χ4v) is 6.59. The van der Waals surface area contributed by atoms with Crippen molar-refractivity contribution in [3.63, 3.8) is 0 Å². The Balaban J connectivity index is 1.37. The van der Waals surface area contributed by atoms with Gasteiger partial charge in [0.25, 0.3) is 0 Å². The molecule has 2 aliphatic heterocycles. The fourth-order valence-electron chi connectivity index (χ4n) is 6.59. The van der Waals surface area contributed by atoms with Crippen LogP contribution in [0.2, 0.25) is 0 Å². The maximum Gasteiger partial charge on any atom is 0.406 e. The first kappa shape index (κ1) is 29.8. The van der Waals surface area contributed by atoms with Crippen molar-refractivity contribution in [3.05, 3.63) is 34.9 Å². The van der Waals surface area contributed by atoms with Crippen molar-refractivity contribution in [2.24, 2.45) is 17.8 Å². The Labute approximate surface area is 234 Å². The van der Waals surface area contributed by atoms with E-state index in [9.17, 15) is 9.59 Å². The van der Waals surface area contributed by atoms with Crippen molar-refractivity contribution in [3.8, 4) is 0 Å². The predicted molar refractivity (Wildman–Crippen MR) is 152 cm³/mol. The van der Waals surface area contributed by atoms with Gasteiger partial charge < -0.3 is 29.7 Å². The number of nitrogens with one attached hydrogen (secondary N) is 2. The van der Waals surface area contributed by atoms with Crippen LogP contribution < -0.4 is 10.6 Å². The van der Waals surface area contributed by atoms with Crippen molar-refractivity contribution < 1.29 is 23.8 Å². The van der Waals surface area contributed by atoms with Gasteiger partial charge in [0.05, 0.1) is 32.0 Å². The molecule has 8 heteroatoms. The van der Waals surface area contributed by atoms with E-state index in [0.717, 1.165) is 44.5 Å². The highest BCUT2D eigenvalue weighted by molar-refractivity contribution is 5.76. The molecule has 0 radical (unpaired) electrons. The minimum atomic E-state index is -0.459. The van der Waals surface area contributed by atoms with Gasteiger partial charge in [-0.2, -0.15) is 0 Å². The topological polar surface area (TPSA) is 89.1 Å². The Bertz CT molecular complexity index is 935. The molecule has 0 bridgehead atoms. The van der Waals surface area contributed by atoms with Crippen molar-refractivity contribution in [2.45, 2.75) is 76.9 Å². The Hall–Kier alpha value is -2.16. The highest BCUT2D eigenvalue weighted by Gasteiger charge is 2.46. The lowest BCUT2D eigenvalue weighted by Gasteiger charge is -2.38. The van der Waals surface area contributed by atoms with E-state index in [1.807, 2.05) is 7.05 Å². The highest BCUT2D eigenvalue weighted by Crippen LogP contribution is 2.48. The Morgan fingerprint density at radius 1 is 1.15 bits per heavy atom. The number of carbonyl (C=O) groups is 2. The molecule has 4 rings (SSSR count). The van der Waals surface area contributed by atoms with Crippen LogP contribution in [-0.4, -0.2) is 76.1 Å². The van der Waals surface area contributed by atoms with Gasteiger partial charge in [-0.3, -0.25) is 4.79 Å². The normalized spacial score (nSPS) is 23.7. The molecular formula is C31H49N3O5. The van der Waals surface area contributed by atoms with Gasteiger partial charge in [0.1, 0.15) is 0 Å². The third kappa shape index (κ3) is 8.66. The number of hydrogen-bond acceptors (Lipinski definition) is 6. The molecule has 4 unspecified atom stereocenters. The van der Waals surface area contributed by atoms with Crippen LogP contribution in [0.15, 0.2) is 18.2 Å². The molecule has 1 aromatic carbocycles. The maximum absolute atomic E-state index is 13.6. The van der Waals surface area contributed by atoms with E-state index in [0.29, 0.717) is 38.0 Å². The second-order valence-electron chi connectivity index (χ2n) is 12.1. The van der Waals surface area contributed by atoms with Gasteiger partial charge >= 0.3 is 6.09 Å². The van der Waals surface area contributed by atoms with Crippen molar-refractivity contribution in [1.29, 1.82) is 0 Å². The molecule has 3 aliphatic rings. The molecule has 1 aliphatic carbocycles. The summed E-state index contributed by atoms with van der Waals surface area (Å²) in [5.74, 6) is 1.33. The molecule has 8 nitrogen and oxygen atoms in total. The van der Waals surface area contributed by atoms with Crippen LogP contribution in [0.25, 0.3) is 0 Å². The SMILES string of the molecule is CNCC(CC(=O)N1CCCC(C(OCCNC(=O)OC)c2cc(C)cc(C)c2)C1)CC1CCC2(CC2)OC1. The van der Waals surface area contributed by atoms with E-state index in [1.165, 1.54) is 43.9 Å². The summed E-state index contributed by atoms with van der Waals surface area (Å²) in [4.78, 5) is 27.1. The Kier molecular flexibility index (Phi) is 10.7. The van der Waals surface area contributed by atoms with Crippen LogP contribution in [0.3, 0.4) is 0 Å². The molecule has 4 atom stereocenters. The predicted octanol–water partition coefficient (Wildman–Crippen LogP) is 4.53. The number of nitrogens with zero attached hydrogens (tertiary/aromatic N) is 1. The second-order valence-corrected chi connectivity index (χ2v) is 12.1. The molecule has 2 heterocycles. The standard InChI is InChI=1S/C31H49N3O5/c1-22-14-23(2)16-27(15-22)29(38-13-11-33-30(36)37-4)26-6-5-12-34(20-26)28(35)18-25(19-32-3)17-24-7-8-31(9-10-31)39-21-24/h14-16,24-26,29,32H,5-13,17-21H2,1-4H3,(H,33,36). The number of amides is 2. The number of benzene rings is 1. The van der Waals surface area contributed by atoms with E-state index in [1.54, 1.807) is 0 Å². The van der Waals surface area contributed by atoms with Crippen LogP contribution in [0.4, 0.5) is 4.79 Å².